The van der Waals surface area contributed by atoms with Crippen molar-refractivity contribution in [1.29, 1.82) is 0 Å². The smallest absolute Gasteiger partial charge is 0.0667 e. The van der Waals surface area contributed by atoms with E-state index in [9.17, 15) is 0 Å². The average molecular weight is 234 g/mol. The van der Waals surface area contributed by atoms with E-state index in [2.05, 4.69) is 49.4 Å². The zero-order valence-corrected chi connectivity index (χ0v) is 11.0. The Bertz CT molecular complexity index is 370. The quantitative estimate of drug-likeness (QED) is 0.870. The van der Waals surface area contributed by atoms with Gasteiger partial charge < -0.3 is 15.0 Å². The normalized spacial score (nSPS) is 20.1. The zero-order chi connectivity index (χ0) is 12.3. The first-order valence-corrected chi connectivity index (χ1v) is 6.29. The first kappa shape index (κ1) is 12.2. The summed E-state index contributed by atoms with van der Waals surface area (Å²) in [6, 6.07) is 7.00. The molecule has 0 aliphatic carbocycles. The Morgan fingerprint density at radius 2 is 2.18 bits per heavy atom. The maximum atomic E-state index is 5.49. The molecule has 0 bridgehead atoms. The molecule has 1 unspecified atom stereocenters. The Kier molecular flexibility index (Phi) is 3.89. The molecule has 1 fully saturated rings. The summed E-state index contributed by atoms with van der Waals surface area (Å²) < 4.78 is 5.49. The fraction of sp³-hybridized carbons (Fsp3) is 0.571. The highest BCUT2D eigenvalue weighted by Gasteiger charge is 2.14. The molecule has 1 heterocycles. The van der Waals surface area contributed by atoms with Crippen LogP contribution in [0.25, 0.3) is 0 Å². The van der Waals surface area contributed by atoms with Gasteiger partial charge >= 0.3 is 0 Å². The van der Waals surface area contributed by atoms with Gasteiger partial charge in [-0.1, -0.05) is 0 Å². The van der Waals surface area contributed by atoms with Gasteiger partial charge in [0.2, 0.25) is 0 Å². The van der Waals surface area contributed by atoms with E-state index < -0.39 is 0 Å². The first-order chi connectivity index (χ1) is 8.16. The summed E-state index contributed by atoms with van der Waals surface area (Å²) in [6.45, 7) is 3.89. The largest absolute Gasteiger partial charge is 0.380 e. The van der Waals surface area contributed by atoms with Gasteiger partial charge in [-0.3, -0.25) is 0 Å². The van der Waals surface area contributed by atoms with Crippen LogP contribution in [0.5, 0.6) is 0 Å². The van der Waals surface area contributed by atoms with E-state index in [0.29, 0.717) is 6.04 Å². The van der Waals surface area contributed by atoms with Gasteiger partial charge in [0.05, 0.1) is 6.61 Å². The molecule has 1 N–H and O–H groups in total. The van der Waals surface area contributed by atoms with Crippen molar-refractivity contribution in [3.05, 3.63) is 23.8 Å². The van der Waals surface area contributed by atoms with Crippen molar-refractivity contribution in [3.63, 3.8) is 0 Å². The number of ether oxygens (including phenoxy) is 1. The number of nitrogens with zero attached hydrogens (tertiary/aromatic N) is 1. The predicted octanol–water partition coefficient (Wildman–Crippen LogP) is 2.65. The van der Waals surface area contributed by atoms with Crippen LogP contribution in [-0.2, 0) is 4.74 Å². The minimum Gasteiger partial charge on any atom is -0.380 e. The van der Waals surface area contributed by atoms with Crippen LogP contribution in [0.15, 0.2) is 18.2 Å². The molecule has 0 radical (unpaired) electrons. The third-order valence-electron chi connectivity index (χ3n) is 3.25. The van der Waals surface area contributed by atoms with Crippen LogP contribution in [0.2, 0.25) is 0 Å². The molecule has 1 saturated heterocycles. The highest BCUT2D eigenvalue weighted by atomic mass is 16.5. The van der Waals surface area contributed by atoms with Crippen molar-refractivity contribution in [1.82, 2.24) is 0 Å². The van der Waals surface area contributed by atoms with E-state index in [0.717, 1.165) is 19.6 Å². The van der Waals surface area contributed by atoms with Crippen LogP contribution < -0.4 is 10.2 Å². The minimum atomic E-state index is 0.465. The number of aryl methyl sites for hydroxylation is 1. The summed E-state index contributed by atoms with van der Waals surface area (Å²) in [4.78, 5) is 2.13. The summed E-state index contributed by atoms with van der Waals surface area (Å²) in [7, 11) is 4.13. The molecule has 0 amide bonds. The molecule has 94 valence electrons. The van der Waals surface area contributed by atoms with Crippen LogP contribution in [0.3, 0.4) is 0 Å². The molecule has 17 heavy (non-hydrogen) atoms. The Labute approximate surface area is 104 Å². The molecule has 1 aromatic carbocycles. The maximum Gasteiger partial charge on any atom is 0.0667 e. The van der Waals surface area contributed by atoms with E-state index in [1.54, 1.807) is 0 Å². The van der Waals surface area contributed by atoms with Crippen molar-refractivity contribution < 1.29 is 4.74 Å². The van der Waals surface area contributed by atoms with Gasteiger partial charge in [0.25, 0.3) is 0 Å². The molecular weight excluding hydrogens is 212 g/mol. The second-order valence-corrected chi connectivity index (χ2v) is 4.95. The van der Waals surface area contributed by atoms with Gasteiger partial charge in [0, 0.05) is 38.1 Å². The zero-order valence-electron chi connectivity index (χ0n) is 11.0. The fourth-order valence-electron chi connectivity index (χ4n) is 2.16. The Balaban J connectivity index is 2.05. The molecule has 0 spiro atoms. The third kappa shape index (κ3) is 3.13. The number of hydrogen-bond acceptors (Lipinski definition) is 3. The van der Waals surface area contributed by atoms with Crippen molar-refractivity contribution in [2.75, 3.05) is 37.5 Å². The van der Waals surface area contributed by atoms with E-state index in [4.69, 9.17) is 4.74 Å². The molecule has 1 atom stereocenters. The summed E-state index contributed by atoms with van der Waals surface area (Å²) in [5.74, 6) is 0. The molecule has 3 nitrogen and oxygen atoms in total. The molecule has 0 aromatic heterocycles. The topological polar surface area (TPSA) is 24.5 Å². The highest BCUT2D eigenvalue weighted by molar-refractivity contribution is 5.60. The standard InChI is InChI=1S/C14H22N2O/c1-11-9-13(16(2)3)6-7-14(11)15-12-5-4-8-17-10-12/h6-7,9,12,15H,4-5,8,10H2,1-3H3. The molecule has 0 saturated carbocycles. The number of benzene rings is 1. The number of rotatable bonds is 3. The van der Waals surface area contributed by atoms with Crippen LogP contribution in [0.1, 0.15) is 18.4 Å². The number of anilines is 2. The summed E-state index contributed by atoms with van der Waals surface area (Å²) in [5, 5.41) is 3.57. The summed E-state index contributed by atoms with van der Waals surface area (Å²) in [5.41, 5.74) is 3.76. The SMILES string of the molecule is Cc1cc(N(C)C)ccc1NC1CCCOC1. The number of hydrogen-bond donors (Lipinski definition) is 1. The van der Waals surface area contributed by atoms with Crippen molar-refractivity contribution in [2.45, 2.75) is 25.8 Å². The van der Waals surface area contributed by atoms with Crippen LogP contribution in [0.4, 0.5) is 11.4 Å². The number of nitrogens with one attached hydrogen (secondary N) is 1. The lowest BCUT2D eigenvalue weighted by Gasteiger charge is -2.25. The van der Waals surface area contributed by atoms with Crippen molar-refractivity contribution >= 4 is 11.4 Å². The van der Waals surface area contributed by atoms with Crippen LogP contribution in [-0.4, -0.2) is 33.4 Å². The van der Waals surface area contributed by atoms with Gasteiger partial charge in [-0.15, -0.1) is 0 Å². The van der Waals surface area contributed by atoms with Gasteiger partial charge in [0.15, 0.2) is 0 Å². The van der Waals surface area contributed by atoms with Crippen LogP contribution in [0, 0.1) is 6.92 Å². The summed E-state index contributed by atoms with van der Waals surface area (Å²) >= 11 is 0. The molecule has 1 aliphatic heterocycles. The molecule has 1 aromatic rings. The van der Waals surface area contributed by atoms with Gasteiger partial charge in [-0.2, -0.15) is 0 Å². The average Bonchev–Trinajstić information content (AvgIpc) is 2.33. The highest BCUT2D eigenvalue weighted by Crippen LogP contribution is 2.23. The van der Waals surface area contributed by atoms with Crippen LogP contribution >= 0.6 is 0 Å². The molecule has 2 rings (SSSR count). The van der Waals surface area contributed by atoms with Crippen molar-refractivity contribution in [3.8, 4) is 0 Å². The van der Waals surface area contributed by atoms with E-state index in [1.165, 1.54) is 23.4 Å². The lowest BCUT2D eigenvalue weighted by atomic mass is 10.1. The second-order valence-electron chi connectivity index (χ2n) is 4.95. The Morgan fingerprint density at radius 1 is 1.35 bits per heavy atom. The minimum absolute atomic E-state index is 0.465. The van der Waals surface area contributed by atoms with Gasteiger partial charge in [-0.05, 0) is 43.5 Å². The van der Waals surface area contributed by atoms with Gasteiger partial charge in [0.1, 0.15) is 0 Å². The van der Waals surface area contributed by atoms with E-state index in [-0.39, 0.29) is 0 Å². The second kappa shape index (κ2) is 5.41. The maximum absolute atomic E-state index is 5.49. The van der Waals surface area contributed by atoms with Gasteiger partial charge in [-0.25, -0.2) is 0 Å². The molecule has 3 heteroatoms. The first-order valence-electron chi connectivity index (χ1n) is 6.29. The van der Waals surface area contributed by atoms with E-state index in [1.807, 2.05) is 0 Å². The Hall–Kier alpha value is -1.22. The summed E-state index contributed by atoms with van der Waals surface area (Å²) in [6.07, 6.45) is 2.36. The van der Waals surface area contributed by atoms with E-state index >= 15 is 0 Å². The third-order valence-corrected chi connectivity index (χ3v) is 3.25. The predicted molar refractivity (Wildman–Crippen MR) is 73.0 cm³/mol. The fourth-order valence-corrected chi connectivity index (χ4v) is 2.16. The van der Waals surface area contributed by atoms with Crippen molar-refractivity contribution in [2.24, 2.45) is 0 Å². The monoisotopic (exact) mass is 234 g/mol. The Morgan fingerprint density at radius 3 is 2.76 bits per heavy atom. The molecule has 1 aliphatic rings. The lowest BCUT2D eigenvalue weighted by molar-refractivity contribution is 0.0876. The lowest BCUT2D eigenvalue weighted by Crippen LogP contribution is -2.30. The molecular formula is C14H22N2O.